The van der Waals surface area contributed by atoms with Crippen LogP contribution >= 0.6 is 0 Å². The van der Waals surface area contributed by atoms with Crippen molar-refractivity contribution in [3.63, 3.8) is 0 Å². The second kappa shape index (κ2) is 10.3. The van der Waals surface area contributed by atoms with E-state index in [1.165, 1.54) is 0 Å². The number of hydrogen-bond donors (Lipinski definition) is 0. The molecule has 1 amide bonds. The number of pyridine rings is 1. The van der Waals surface area contributed by atoms with E-state index in [0.717, 1.165) is 29.7 Å². The summed E-state index contributed by atoms with van der Waals surface area (Å²) in [6.07, 6.45) is 1.95. The van der Waals surface area contributed by atoms with Crippen LogP contribution in [0.15, 0.2) is 57.7 Å². The van der Waals surface area contributed by atoms with E-state index in [0.29, 0.717) is 52.6 Å². The molecule has 3 heterocycles. The molecule has 0 aliphatic carbocycles. The van der Waals surface area contributed by atoms with Crippen LogP contribution in [-0.4, -0.2) is 24.1 Å². The number of fused-ring (bicyclic) bond motifs is 2. The minimum Gasteiger partial charge on any atom is -0.490 e. The van der Waals surface area contributed by atoms with Crippen LogP contribution in [0.3, 0.4) is 0 Å². The van der Waals surface area contributed by atoms with E-state index in [4.69, 9.17) is 13.9 Å². The normalized spacial score (nSPS) is 14.7. The van der Waals surface area contributed by atoms with Crippen LogP contribution in [0.1, 0.15) is 71.2 Å². The molecule has 1 aliphatic rings. The first-order valence-corrected chi connectivity index (χ1v) is 13.1. The van der Waals surface area contributed by atoms with E-state index in [9.17, 15) is 9.59 Å². The standard InChI is InChI=1S/C31H32N2O5/c1-6-8-14-37-23-13-12-21(17-25(23)36-7-2)28-27-29(34)22-15-18(3)19(4)16-24(22)38-30(27)31(35)33(28)26-11-9-10-20(5)32-26/h9-13,15-17,28H,6-8,14H2,1-5H3. The highest BCUT2D eigenvalue weighted by Gasteiger charge is 2.44. The molecule has 0 N–H and O–H groups in total. The summed E-state index contributed by atoms with van der Waals surface area (Å²) in [4.78, 5) is 34.1. The number of unbranched alkanes of at least 4 members (excludes halogenated alkanes) is 1. The molecule has 1 unspecified atom stereocenters. The molecular formula is C31H32N2O5. The number of anilines is 1. The Morgan fingerprint density at radius 3 is 2.47 bits per heavy atom. The zero-order chi connectivity index (χ0) is 27.0. The maximum Gasteiger partial charge on any atom is 0.296 e. The fraction of sp³-hybridized carbons (Fsp3) is 0.323. The first-order chi connectivity index (χ1) is 18.3. The Hall–Kier alpha value is -4.13. The number of hydrogen-bond acceptors (Lipinski definition) is 6. The van der Waals surface area contributed by atoms with Crippen molar-refractivity contribution in [1.29, 1.82) is 0 Å². The third kappa shape index (κ3) is 4.42. The smallest absolute Gasteiger partial charge is 0.296 e. The fourth-order valence-electron chi connectivity index (χ4n) is 4.85. The van der Waals surface area contributed by atoms with Gasteiger partial charge in [-0.05, 0) is 87.2 Å². The molecule has 2 aromatic carbocycles. The highest BCUT2D eigenvalue weighted by Crippen LogP contribution is 2.43. The summed E-state index contributed by atoms with van der Waals surface area (Å²) in [5.74, 6) is 1.28. The Balaban J connectivity index is 1.74. The van der Waals surface area contributed by atoms with Gasteiger partial charge in [0.1, 0.15) is 11.4 Å². The summed E-state index contributed by atoms with van der Waals surface area (Å²) in [5, 5.41) is 0.452. The summed E-state index contributed by atoms with van der Waals surface area (Å²) in [7, 11) is 0. The van der Waals surface area contributed by atoms with E-state index < -0.39 is 11.9 Å². The van der Waals surface area contributed by atoms with Gasteiger partial charge < -0.3 is 13.9 Å². The van der Waals surface area contributed by atoms with E-state index in [2.05, 4.69) is 11.9 Å². The van der Waals surface area contributed by atoms with Gasteiger partial charge in [-0.15, -0.1) is 0 Å². The second-order valence-corrected chi connectivity index (χ2v) is 9.66. The molecule has 7 heteroatoms. The van der Waals surface area contributed by atoms with Crippen molar-refractivity contribution in [3.05, 3.63) is 92.5 Å². The first-order valence-electron chi connectivity index (χ1n) is 13.1. The topological polar surface area (TPSA) is 81.9 Å². The van der Waals surface area contributed by atoms with E-state index >= 15 is 0 Å². The highest BCUT2D eigenvalue weighted by molar-refractivity contribution is 6.10. The van der Waals surface area contributed by atoms with Gasteiger partial charge in [-0.1, -0.05) is 25.5 Å². The van der Waals surface area contributed by atoms with Crippen LogP contribution in [0.5, 0.6) is 11.5 Å². The zero-order valence-electron chi connectivity index (χ0n) is 22.5. The Morgan fingerprint density at radius 1 is 0.947 bits per heavy atom. The van der Waals surface area contributed by atoms with E-state index in [-0.39, 0.29) is 11.2 Å². The molecule has 4 aromatic rings. The molecule has 7 nitrogen and oxygen atoms in total. The number of aryl methyl sites for hydroxylation is 3. The molecule has 38 heavy (non-hydrogen) atoms. The summed E-state index contributed by atoms with van der Waals surface area (Å²) in [6, 6.07) is 14.0. The van der Waals surface area contributed by atoms with Crippen molar-refractivity contribution >= 4 is 22.7 Å². The van der Waals surface area contributed by atoms with Crippen LogP contribution in [0.25, 0.3) is 11.0 Å². The Bertz CT molecular complexity index is 1590. The van der Waals surface area contributed by atoms with Crippen molar-refractivity contribution < 1.29 is 18.7 Å². The number of rotatable bonds is 8. The molecule has 0 fully saturated rings. The molecular weight excluding hydrogens is 480 g/mol. The van der Waals surface area contributed by atoms with Crippen molar-refractivity contribution in [1.82, 2.24) is 4.98 Å². The molecule has 0 radical (unpaired) electrons. The van der Waals surface area contributed by atoms with Crippen molar-refractivity contribution in [2.75, 3.05) is 18.1 Å². The van der Waals surface area contributed by atoms with Crippen molar-refractivity contribution in [2.45, 2.75) is 53.5 Å². The van der Waals surface area contributed by atoms with Gasteiger partial charge >= 0.3 is 0 Å². The molecule has 2 aromatic heterocycles. The lowest BCUT2D eigenvalue weighted by molar-refractivity contribution is 0.0970. The minimum absolute atomic E-state index is 0.0419. The number of amides is 1. The third-order valence-corrected chi connectivity index (χ3v) is 6.95. The average Bonchev–Trinajstić information content (AvgIpc) is 3.19. The molecule has 196 valence electrons. The molecule has 1 aliphatic heterocycles. The monoisotopic (exact) mass is 512 g/mol. The maximum absolute atomic E-state index is 14.0. The zero-order valence-corrected chi connectivity index (χ0v) is 22.5. The molecule has 0 spiro atoms. The van der Waals surface area contributed by atoms with Gasteiger partial charge in [-0.2, -0.15) is 0 Å². The number of benzene rings is 2. The number of carbonyl (C=O) groups is 1. The van der Waals surface area contributed by atoms with Gasteiger partial charge in [-0.3, -0.25) is 14.5 Å². The average molecular weight is 513 g/mol. The molecule has 5 rings (SSSR count). The van der Waals surface area contributed by atoms with Crippen molar-refractivity contribution in [3.8, 4) is 11.5 Å². The number of nitrogens with zero attached hydrogens (tertiary/aromatic N) is 2. The van der Waals surface area contributed by atoms with E-state index in [1.54, 1.807) is 11.0 Å². The molecule has 1 atom stereocenters. The lowest BCUT2D eigenvalue weighted by atomic mass is 9.97. The van der Waals surface area contributed by atoms with Gasteiger partial charge in [0, 0.05) is 5.69 Å². The predicted octanol–water partition coefficient (Wildman–Crippen LogP) is 6.44. The van der Waals surface area contributed by atoms with Crippen molar-refractivity contribution in [2.24, 2.45) is 0 Å². The van der Waals surface area contributed by atoms with Crippen LogP contribution in [0.4, 0.5) is 5.82 Å². The summed E-state index contributed by atoms with van der Waals surface area (Å²) >= 11 is 0. The first kappa shape index (κ1) is 25.5. The van der Waals surface area contributed by atoms with Gasteiger partial charge in [0.2, 0.25) is 5.76 Å². The van der Waals surface area contributed by atoms with Gasteiger partial charge in [-0.25, -0.2) is 4.98 Å². The Morgan fingerprint density at radius 2 is 1.74 bits per heavy atom. The predicted molar refractivity (Wildman–Crippen MR) is 148 cm³/mol. The Kier molecular flexibility index (Phi) is 6.93. The lowest BCUT2D eigenvalue weighted by Gasteiger charge is -2.25. The van der Waals surface area contributed by atoms with Crippen LogP contribution in [-0.2, 0) is 0 Å². The van der Waals surface area contributed by atoms with E-state index in [1.807, 2.05) is 70.2 Å². The van der Waals surface area contributed by atoms with Gasteiger partial charge in [0.15, 0.2) is 16.9 Å². The fourth-order valence-corrected chi connectivity index (χ4v) is 4.85. The number of aromatic nitrogens is 1. The molecule has 0 saturated carbocycles. The molecule has 0 saturated heterocycles. The Labute approximate surface area is 222 Å². The SMILES string of the molecule is CCCCOc1ccc(C2c3c(oc4cc(C)c(C)cc4c3=O)C(=O)N2c2cccc(C)n2)cc1OCC. The van der Waals surface area contributed by atoms with Gasteiger partial charge in [0.05, 0.1) is 30.2 Å². The number of ether oxygens (including phenoxy) is 2. The summed E-state index contributed by atoms with van der Waals surface area (Å²) in [5.41, 5.74) is 3.92. The summed E-state index contributed by atoms with van der Waals surface area (Å²) in [6.45, 7) is 10.8. The number of carbonyl (C=O) groups excluding carboxylic acids is 1. The maximum atomic E-state index is 14.0. The van der Waals surface area contributed by atoms with Crippen LogP contribution < -0.4 is 19.8 Å². The lowest BCUT2D eigenvalue weighted by Crippen LogP contribution is -2.30. The highest BCUT2D eigenvalue weighted by atomic mass is 16.5. The minimum atomic E-state index is -0.738. The van der Waals surface area contributed by atoms with Crippen LogP contribution in [0.2, 0.25) is 0 Å². The summed E-state index contributed by atoms with van der Waals surface area (Å²) < 4.78 is 18.1. The largest absolute Gasteiger partial charge is 0.490 e. The molecule has 0 bridgehead atoms. The third-order valence-electron chi connectivity index (χ3n) is 6.95. The van der Waals surface area contributed by atoms with Gasteiger partial charge in [0.25, 0.3) is 5.91 Å². The quantitative estimate of drug-likeness (QED) is 0.253. The van der Waals surface area contributed by atoms with Crippen LogP contribution in [0, 0.1) is 20.8 Å². The second-order valence-electron chi connectivity index (χ2n) is 9.66.